The molecule has 0 amide bonds. The maximum Gasteiger partial charge on any atom is 0.133 e. The number of furan rings is 1. The van der Waals surface area contributed by atoms with Crippen molar-refractivity contribution in [3.05, 3.63) is 36.3 Å². The molecule has 0 saturated carbocycles. The van der Waals surface area contributed by atoms with E-state index in [2.05, 4.69) is 13.5 Å². The Kier molecular flexibility index (Phi) is 1.77. The minimum atomic E-state index is 0.0764. The van der Waals surface area contributed by atoms with Gasteiger partial charge in [-0.15, -0.1) is 0 Å². The highest BCUT2D eigenvalue weighted by atomic mass is 16.5. The van der Waals surface area contributed by atoms with Crippen molar-refractivity contribution in [2.45, 2.75) is 13.0 Å². The molecule has 2 unspecified atom stereocenters. The van der Waals surface area contributed by atoms with E-state index >= 15 is 0 Å². The summed E-state index contributed by atoms with van der Waals surface area (Å²) in [4.78, 5) is 0. The predicted molar refractivity (Wildman–Crippen MR) is 45.7 cm³/mol. The van der Waals surface area contributed by atoms with Crippen LogP contribution in [0.15, 0.2) is 35.0 Å². The van der Waals surface area contributed by atoms with Crippen LogP contribution < -0.4 is 0 Å². The fourth-order valence-electron chi connectivity index (χ4n) is 1.47. The summed E-state index contributed by atoms with van der Waals surface area (Å²) in [6, 6.07) is 3.83. The van der Waals surface area contributed by atoms with E-state index in [0.717, 1.165) is 11.3 Å². The van der Waals surface area contributed by atoms with Crippen molar-refractivity contribution < 1.29 is 9.15 Å². The van der Waals surface area contributed by atoms with Crippen molar-refractivity contribution in [3.8, 4) is 0 Å². The Balaban J connectivity index is 2.21. The normalized spacial score (nSPS) is 29.6. The molecule has 2 heteroatoms. The summed E-state index contributed by atoms with van der Waals surface area (Å²) in [5.74, 6) is 1.28. The van der Waals surface area contributed by atoms with E-state index in [1.54, 1.807) is 6.26 Å². The second-order valence-electron chi connectivity index (χ2n) is 3.19. The van der Waals surface area contributed by atoms with Crippen LogP contribution in [0, 0.1) is 5.92 Å². The molecule has 12 heavy (non-hydrogen) atoms. The molecule has 1 aromatic rings. The van der Waals surface area contributed by atoms with Crippen LogP contribution >= 0.6 is 0 Å². The second kappa shape index (κ2) is 2.79. The zero-order valence-electron chi connectivity index (χ0n) is 7.12. The van der Waals surface area contributed by atoms with E-state index in [4.69, 9.17) is 9.15 Å². The molecule has 64 valence electrons. The number of ether oxygens (including phenoxy) is 1. The maximum absolute atomic E-state index is 5.53. The van der Waals surface area contributed by atoms with Crippen molar-refractivity contribution in [1.29, 1.82) is 0 Å². The van der Waals surface area contributed by atoms with Gasteiger partial charge in [-0.2, -0.15) is 0 Å². The van der Waals surface area contributed by atoms with Gasteiger partial charge in [0.2, 0.25) is 0 Å². The lowest BCUT2D eigenvalue weighted by molar-refractivity contribution is 0.0763. The van der Waals surface area contributed by atoms with Crippen LogP contribution in [0.2, 0.25) is 0 Å². The molecule has 2 rings (SSSR count). The Bertz CT molecular complexity index is 274. The van der Waals surface area contributed by atoms with E-state index in [1.165, 1.54) is 0 Å². The molecule has 0 aromatic carbocycles. The van der Waals surface area contributed by atoms with Gasteiger partial charge in [0, 0.05) is 5.92 Å². The van der Waals surface area contributed by atoms with Crippen molar-refractivity contribution in [2.24, 2.45) is 5.92 Å². The number of hydrogen-bond donors (Lipinski definition) is 0. The van der Waals surface area contributed by atoms with E-state index in [9.17, 15) is 0 Å². The summed E-state index contributed by atoms with van der Waals surface area (Å²) >= 11 is 0. The first-order valence-corrected chi connectivity index (χ1v) is 4.11. The lowest BCUT2D eigenvalue weighted by Gasteiger charge is -2.10. The molecule has 1 aromatic heterocycles. The van der Waals surface area contributed by atoms with Crippen LogP contribution in [0.1, 0.15) is 18.8 Å². The monoisotopic (exact) mass is 164 g/mol. The molecular formula is C10H12O2. The first-order valence-electron chi connectivity index (χ1n) is 4.11. The zero-order valence-corrected chi connectivity index (χ0v) is 7.12. The second-order valence-corrected chi connectivity index (χ2v) is 3.19. The van der Waals surface area contributed by atoms with Gasteiger partial charge in [0.05, 0.1) is 12.9 Å². The van der Waals surface area contributed by atoms with E-state index in [0.29, 0.717) is 12.5 Å². The van der Waals surface area contributed by atoms with E-state index in [-0.39, 0.29) is 6.10 Å². The van der Waals surface area contributed by atoms with Crippen LogP contribution in [-0.4, -0.2) is 6.61 Å². The summed E-state index contributed by atoms with van der Waals surface area (Å²) < 4.78 is 10.8. The number of rotatable bonds is 1. The highest BCUT2D eigenvalue weighted by molar-refractivity contribution is 5.15. The minimum absolute atomic E-state index is 0.0764. The smallest absolute Gasteiger partial charge is 0.133 e. The van der Waals surface area contributed by atoms with E-state index < -0.39 is 0 Å². The topological polar surface area (TPSA) is 22.4 Å². The molecule has 0 N–H and O–H groups in total. The third-order valence-electron chi connectivity index (χ3n) is 2.37. The zero-order chi connectivity index (χ0) is 8.55. The Hall–Kier alpha value is -1.02. The van der Waals surface area contributed by atoms with Crippen molar-refractivity contribution in [1.82, 2.24) is 0 Å². The third kappa shape index (κ3) is 1.08. The summed E-state index contributed by atoms with van der Waals surface area (Å²) in [5.41, 5.74) is 1.15. The lowest BCUT2D eigenvalue weighted by Crippen LogP contribution is -2.02. The van der Waals surface area contributed by atoms with Crippen LogP contribution in [-0.2, 0) is 4.74 Å². The predicted octanol–water partition coefficient (Wildman–Crippen LogP) is 2.54. The van der Waals surface area contributed by atoms with Gasteiger partial charge in [-0.05, 0) is 17.7 Å². The van der Waals surface area contributed by atoms with E-state index in [1.807, 2.05) is 12.1 Å². The van der Waals surface area contributed by atoms with Crippen molar-refractivity contribution in [3.63, 3.8) is 0 Å². The molecule has 0 bridgehead atoms. The lowest BCUT2D eigenvalue weighted by atomic mass is 9.99. The fourth-order valence-corrected chi connectivity index (χ4v) is 1.47. The first-order chi connectivity index (χ1) is 5.79. The molecule has 1 saturated heterocycles. The Morgan fingerprint density at radius 2 is 2.42 bits per heavy atom. The average molecular weight is 164 g/mol. The molecule has 2 atom stereocenters. The van der Waals surface area contributed by atoms with Gasteiger partial charge in [0.25, 0.3) is 0 Å². The largest absolute Gasteiger partial charge is 0.467 e. The Morgan fingerprint density at radius 1 is 1.58 bits per heavy atom. The quantitative estimate of drug-likeness (QED) is 0.595. The average Bonchev–Trinajstić information content (AvgIpc) is 2.64. The Morgan fingerprint density at radius 3 is 2.92 bits per heavy atom. The molecule has 1 fully saturated rings. The molecule has 0 spiro atoms. The molecule has 2 nitrogen and oxygen atoms in total. The summed E-state index contributed by atoms with van der Waals surface area (Å²) in [7, 11) is 0. The minimum Gasteiger partial charge on any atom is -0.467 e. The highest BCUT2D eigenvalue weighted by Gasteiger charge is 2.30. The summed E-state index contributed by atoms with van der Waals surface area (Å²) in [5, 5.41) is 0. The van der Waals surface area contributed by atoms with Crippen LogP contribution in [0.3, 0.4) is 0 Å². The van der Waals surface area contributed by atoms with Gasteiger partial charge >= 0.3 is 0 Å². The SMILES string of the molecule is C=C1COC(c2ccco2)C1C. The fraction of sp³-hybridized carbons (Fsp3) is 0.400. The van der Waals surface area contributed by atoms with Crippen LogP contribution in [0.4, 0.5) is 0 Å². The first kappa shape index (κ1) is 7.62. The van der Waals surface area contributed by atoms with Crippen LogP contribution in [0.5, 0.6) is 0 Å². The van der Waals surface area contributed by atoms with Gasteiger partial charge in [-0.25, -0.2) is 0 Å². The molecule has 2 heterocycles. The standard InChI is InChI=1S/C10H12O2/c1-7-6-12-10(8(7)2)9-4-3-5-11-9/h3-5,8,10H,1,6H2,2H3. The third-order valence-corrected chi connectivity index (χ3v) is 2.37. The highest BCUT2D eigenvalue weighted by Crippen LogP contribution is 2.36. The van der Waals surface area contributed by atoms with Gasteiger partial charge in [0.15, 0.2) is 0 Å². The summed E-state index contributed by atoms with van der Waals surface area (Å²) in [6.07, 6.45) is 1.75. The van der Waals surface area contributed by atoms with Crippen LogP contribution in [0.25, 0.3) is 0 Å². The van der Waals surface area contributed by atoms with Gasteiger partial charge in [0.1, 0.15) is 11.9 Å². The number of hydrogen-bond acceptors (Lipinski definition) is 2. The molecular weight excluding hydrogens is 152 g/mol. The van der Waals surface area contributed by atoms with Gasteiger partial charge in [-0.3, -0.25) is 0 Å². The van der Waals surface area contributed by atoms with Crippen molar-refractivity contribution in [2.75, 3.05) is 6.61 Å². The summed E-state index contributed by atoms with van der Waals surface area (Å²) in [6.45, 7) is 6.70. The molecule has 0 radical (unpaired) electrons. The molecule has 1 aliphatic heterocycles. The molecule has 1 aliphatic rings. The Labute approximate surface area is 71.8 Å². The van der Waals surface area contributed by atoms with Crippen molar-refractivity contribution >= 4 is 0 Å². The van der Waals surface area contributed by atoms with Gasteiger partial charge in [-0.1, -0.05) is 13.5 Å². The van der Waals surface area contributed by atoms with Gasteiger partial charge < -0.3 is 9.15 Å². The maximum atomic E-state index is 5.53. The molecule has 0 aliphatic carbocycles.